The zero-order valence-corrected chi connectivity index (χ0v) is 13.4. The van der Waals surface area contributed by atoms with E-state index in [1.54, 1.807) is 12.1 Å². The Labute approximate surface area is 134 Å². The van der Waals surface area contributed by atoms with Crippen LogP contribution in [0.3, 0.4) is 0 Å². The molecule has 0 heterocycles. The number of benzene rings is 2. The fourth-order valence-corrected chi connectivity index (χ4v) is 3.16. The van der Waals surface area contributed by atoms with E-state index in [1.807, 2.05) is 0 Å². The lowest BCUT2D eigenvalue weighted by molar-refractivity contribution is 0.214. The quantitative estimate of drug-likeness (QED) is 0.814. The summed E-state index contributed by atoms with van der Waals surface area (Å²) in [4.78, 5) is 0. The molecular formula is C14H10BrCl2FO2. The summed E-state index contributed by atoms with van der Waals surface area (Å²) >= 11 is 15.3. The van der Waals surface area contributed by atoms with Crippen molar-refractivity contribution in [1.29, 1.82) is 0 Å². The Balaban J connectivity index is 2.55. The Kier molecular flexibility index (Phi) is 4.91. The first-order valence-corrected chi connectivity index (χ1v) is 7.15. The van der Waals surface area contributed by atoms with Gasteiger partial charge in [-0.25, -0.2) is 4.39 Å². The van der Waals surface area contributed by atoms with Gasteiger partial charge in [0.25, 0.3) is 0 Å². The van der Waals surface area contributed by atoms with E-state index in [0.29, 0.717) is 26.4 Å². The van der Waals surface area contributed by atoms with Gasteiger partial charge in [-0.05, 0) is 40.2 Å². The van der Waals surface area contributed by atoms with Crippen LogP contribution in [0.15, 0.2) is 34.8 Å². The zero-order chi connectivity index (χ0) is 14.9. The van der Waals surface area contributed by atoms with Crippen molar-refractivity contribution >= 4 is 39.1 Å². The number of halogens is 4. The monoisotopic (exact) mass is 378 g/mol. The molecule has 2 aromatic carbocycles. The van der Waals surface area contributed by atoms with E-state index in [4.69, 9.17) is 27.9 Å². The lowest BCUT2D eigenvalue weighted by atomic mass is 10.0. The standard InChI is InChI=1S/C14H10BrCl2FO2/c1-20-14-10(4-7(16)5-11(14)15)13(19)9-3-2-8(18)6-12(9)17/h2-6,13,19H,1H3. The van der Waals surface area contributed by atoms with Gasteiger partial charge in [-0.3, -0.25) is 0 Å². The molecule has 6 heteroatoms. The molecule has 0 aliphatic heterocycles. The SMILES string of the molecule is COc1c(Br)cc(Cl)cc1C(O)c1ccc(F)cc1Cl. The summed E-state index contributed by atoms with van der Waals surface area (Å²) in [6.45, 7) is 0. The molecule has 0 saturated heterocycles. The first-order chi connectivity index (χ1) is 9.43. The van der Waals surface area contributed by atoms with Crippen molar-refractivity contribution in [2.75, 3.05) is 7.11 Å². The topological polar surface area (TPSA) is 29.5 Å². The minimum atomic E-state index is -1.08. The van der Waals surface area contributed by atoms with Crippen molar-refractivity contribution < 1.29 is 14.2 Å². The van der Waals surface area contributed by atoms with E-state index in [-0.39, 0.29) is 5.02 Å². The van der Waals surface area contributed by atoms with Crippen LogP contribution in [0.2, 0.25) is 10.0 Å². The number of ether oxygens (including phenoxy) is 1. The van der Waals surface area contributed by atoms with Gasteiger partial charge < -0.3 is 9.84 Å². The molecule has 0 bridgehead atoms. The van der Waals surface area contributed by atoms with Crippen LogP contribution in [0.1, 0.15) is 17.2 Å². The Morgan fingerprint density at radius 2 is 1.90 bits per heavy atom. The molecule has 2 aromatic rings. The first kappa shape index (κ1) is 15.6. The summed E-state index contributed by atoms with van der Waals surface area (Å²) < 4.78 is 18.9. The summed E-state index contributed by atoms with van der Waals surface area (Å²) in [5.41, 5.74) is 0.820. The second kappa shape index (κ2) is 6.31. The second-order valence-corrected chi connectivity index (χ2v) is 5.78. The van der Waals surface area contributed by atoms with Crippen molar-refractivity contribution in [2.24, 2.45) is 0 Å². The van der Waals surface area contributed by atoms with Gasteiger partial charge in [-0.2, -0.15) is 0 Å². The Morgan fingerprint density at radius 1 is 1.20 bits per heavy atom. The predicted molar refractivity (Wildman–Crippen MR) is 81.2 cm³/mol. The van der Waals surface area contributed by atoms with Crippen molar-refractivity contribution in [3.8, 4) is 5.75 Å². The fraction of sp³-hybridized carbons (Fsp3) is 0.143. The molecule has 0 saturated carbocycles. The van der Waals surface area contributed by atoms with Crippen LogP contribution >= 0.6 is 39.1 Å². The summed E-state index contributed by atoms with van der Waals surface area (Å²) in [5.74, 6) is -0.0209. The summed E-state index contributed by atoms with van der Waals surface area (Å²) in [6.07, 6.45) is -1.08. The lowest BCUT2D eigenvalue weighted by Gasteiger charge is -2.18. The van der Waals surface area contributed by atoms with Gasteiger partial charge in [0.1, 0.15) is 17.7 Å². The molecule has 1 atom stereocenters. The molecule has 0 aromatic heterocycles. The maximum atomic E-state index is 13.1. The number of aliphatic hydroxyl groups is 1. The molecule has 0 radical (unpaired) electrons. The first-order valence-electron chi connectivity index (χ1n) is 5.60. The van der Waals surface area contributed by atoms with E-state index in [2.05, 4.69) is 15.9 Å². The van der Waals surface area contributed by atoms with Crippen LogP contribution < -0.4 is 4.74 Å². The van der Waals surface area contributed by atoms with Crippen LogP contribution in [0.25, 0.3) is 0 Å². The van der Waals surface area contributed by atoms with E-state index in [0.717, 1.165) is 6.07 Å². The third-order valence-electron chi connectivity index (χ3n) is 2.79. The average molecular weight is 380 g/mol. The minimum Gasteiger partial charge on any atom is -0.495 e. The Morgan fingerprint density at radius 3 is 2.50 bits per heavy atom. The summed E-state index contributed by atoms with van der Waals surface area (Å²) in [5, 5.41) is 11.0. The number of aliphatic hydroxyl groups excluding tert-OH is 1. The molecule has 106 valence electrons. The molecule has 0 fully saturated rings. The van der Waals surface area contributed by atoms with Gasteiger partial charge in [0.15, 0.2) is 0 Å². The summed E-state index contributed by atoms with van der Waals surface area (Å²) in [7, 11) is 1.48. The van der Waals surface area contributed by atoms with Crippen LogP contribution in [0.4, 0.5) is 4.39 Å². The number of hydrogen-bond acceptors (Lipinski definition) is 2. The third-order valence-corrected chi connectivity index (χ3v) is 3.93. The Hall–Kier alpha value is -0.810. The van der Waals surface area contributed by atoms with Crippen LogP contribution in [0.5, 0.6) is 5.75 Å². The third kappa shape index (κ3) is 3.09. The number of rotatable bonds is 3. The molecule has 1 N–H and O–H groups in total. The highest BCUT2D eigenvalue weighted by Gasteiger charge is 2.21. The van der Waals surface area contributed by atoms with Crippen LogP contribution in [-0.4, -0.2) is 12.2 Å². The molecule has 2 nitrogen and oxygen atoms in total. The van der Waals surface area contributed by atoms with Gasteiger partial charge in [-0.15, -0.1) is 0 Å². The van der Waals surface area contributed by atoms with Crippen molar-refractivity contribution in [3.05, 3.63) is 61.8 Å². The average Bonchev–Trinajstić information content (AvgIpc) is 2.37. The predicted octanol–water partition coefficient (Wildman–Crippen LogP) is 4.99. The zero-order valence-electron chi connectivity index (χ0n) is 10.3. The van der Waals surface area contributed by atoms with E-state index in [9.17, 15) is 9.50 Å². The highest BCUT2D eigenvalue weighted by Crippen LogP contribution is 2.39. The van der Waals surface area contributed by atoms with Gasteiger partial charge in [0.2, 0.25) is 0 Å². The van der Waals surface area contributed by atoms with Gasteiger partial charge in [0.05, 0.1) is 11.6 Å². The highest BCUT2D eigenvalue weighted by molar-refractivity contribution is 9.10. The Bertz CT molecular complexity index is 649. The molecule has 20 heavy (non-hydrogen) atoms. The summed E-state index contributed by atoms with van der Waals surface area (Å²) in [6, 6.07) is 7.04. The highest BCUT2D eigenvalue weighted by atomic mass is 79.9. The van der Waals surface area contributed by atoms with Crippen LogP contribution in [-0.2, 0) is 0 Å². The minimum absolute atomic E-state index is 0.135. The van der Waals surface area contributed by atoms with E-state index < -0.39 is 11.9 Å². The molecular weight excluding hydrogens is 370 g/mol. The maximum absolute atomic E-state index is 13.1. The van der Waals surface area contributed by atoms with Gasteiger partial charge in [0, 0.05) is 21.2 Å². The van der Waals surface area contributed by atoms with E-state index >= 15 is 0 Å². The lowest BCUT2D eigenvalue weighted by Crippen LogP contribution is -2.04. The van der Waals surface area contributed by atoms with Gasteiger partial charge in [-0.1, -0.05) is 29.3 Å². The number of methoxy groups -OCH3 is 1. The number of hydrogen-bond donors (Lipinski definition) is 1. The van der Waals surface area contributed by atoms with Gasteiger partial charge >= 0.3 is 0 Å². The maximum Gasteiger partial charge on any atom is 0.139 e. The fourth-order valence-electron chi connectivity index (χ4n) is 1.89. The molecule has 0 aliphatic rings. The molecule has 0 amide bonds. The second-order valence-electron chi connectivity index (χ2n) is 4.08. The normalized spacial score (nSPS) is 12.3. The molecule has 1 unspecified atom stereocenters. The largest absolute Gasteiger partial charge is 0.495 e. The smallest absolute Gasteiger partial charge is 0.139 e. The van der Waals surface area contributed by atoms with Crippen molar-refractivity contribution in [1.82, 2.24) is 0 Å². The van der Waals surface area contributed by atoms with E-state index in [1.165, 1.54) is 19.2 Å². The molecule has 0 aliphatic carbocycles. The molecule has 2 rings (SSSR count). The van der Waals surface area contributed by atoms with Crippen LogP contribution in [0, 0.1) is 5.82 Å². The molecule has 0 spiro atoms. The van der Waals surface area contributed by atoms with Crippen molar-refractivity contribution in [2.45, 2.75) is 6.10 Å². The van der Waals surface area contributed by atoms with Crippen molar-refractivity contribution in [3.63, 3.8) is 0 Å².